The number of amides is 2. The Hall–Kier alpha value is -1.58. The fraction of sp³-hybridized carbons (Fsp3) is 0.417. The Kier molecular flexibility index (Phi) is 5.02. The van der Waals surface area contributed by atoms with E-state index in [1.54, 1.807) is 5.32 Å². The lowest BCUT2D eigenvalue weighted by Crippen LogP contribution is -2.66. The first-order valence-electron chi connectivity index (χ1n) is 6.17. The van der Waals surface area contributed by atoms with Gasteiger partial charge in [0.05, 0.1) is 16.7 Å². The van der Waals surface area contributed by atoms with Crippen LogP contribution in [0.1, 0.15) is 0 Å². The van der Waals surface area contributed by atoms with Gasteiger partial charge in [0.25, 0.3) is 0 Å². The molecular formula is C12H11Cl2F3N2O4. The highest BCUT2D eigenvalue weighted by Crippen LogP contribution is 2.47. The summed E-state index contributed by atoms with van der Waals surface area (Å²) in [6.07, 6.45) is -5.07. The molecule has 23 heavy (non-hydrogen) atoms. The standard InChI is InChI=1S/C12H11Cl2F3N2O4/c1-21-3-2-18-10(20)19-12(11(15,16)17)22-8-4-6(13)7(14)5-9(8)23-12/h4-5H,2-3H2,1H3,(H2,18,19,20). The minimum absolute atomic E-state index is 0.000868. The van der Waals surface area contributed by atoms with Crippen LogP contribution in [0.2, 0.25) is 10.0 Å². The largest absolute Gasteiger partial charge is 0.492 e. The zero-order valence-corrected chi connectivity index (χ0v) is 13.1. The van der Waals surface area contributed by atoms with Gasteiger partial charge in [0.1, 0.15) is 0 Å². The van der Waals surface area contributed by atoms with Crippen LogP contribution in [0.25, 0.3) is 0 Å². The third-order valence-corrected chi connectivity index (χ3v) is 3.46. The quantitative estimate of drug-likeness (QED) is 0.795. The maximum atomic E-state index is 13.3. The van der Waals surface area contributed by atoms with Crippen molar-refractivity contribution in [2.75, 3.05) is 20.3 Å². The molecule has 0 spiro atoms. The van der Waals surface area contributed by atoms with E-state index in [0.29, 0.717) is 0 Å². The smallest absolute Gasteiger partial charge is 0.424 e. The van der Waals surface area contributed by atoms with Crippen molar-refractivity contribution in [2.24, 2.45) is 0 Å². The number of hydrogen-bond donors (Lipinski definition) is 2. The van der Waals surface area contributed by atoms with Crippen LogP contribution in [-0.4, -0.2) is 38.4 Å². The number of alkyl halides is 3. The molecule has 1 aliphatic heterocycles. The van der Waals surface area contributed by atoms with E-state index in [1.807, 2.05) is 0 Å². The van der Waals surface area contributed by atoms with Gasteiger partial charge in [-0.25, -0.2) is 4.79 Å². The Morgan fingerprint density at radius 3 is 2.22 bits per heavy atom. The Morgan fingerprint density at radius 2 is 1.78 bits per heavy atom. The molecule has 1 aromatic carbocycles. The van der Waals surface area contributed by atoms with Crippen molar-refractivity contribution in [3.8, 4) is 11.5 Å². The van der Waals surface area contributed by atoms with Gasteiger partial charge < -0.3 is 19.5 Å². The van der Waals surface area contributed by atoms with E-state index in [4.69, 9.17) is 32.7 Å². The van der Waals surface area contributed by atoms with Gasteiger partial charge >= 0.3 is 18.1 Å². The number of benzene rings is 1. The predicted octanol–water partition coefficient (Wildman–Crippen LogP) is 2.93. The molecule has 0 unspecified atom stereocenters. The molecule has 0 fully saturated rings. The molecule has 0 atom stereocenters. The molecule has 2 amide bonds. The van der Waals surface area contributed by atoms with Gasteiger partial charge in [-0.2, -0.15) is 13.2 Å². The Balaban J connectivity index is 2.22. The Morgan fingerprint density at radius 1 is 1.26 bits per heavy atom. The first-order chi connectivity index (χ1) is 10.7. The molecule has 128 valence electrons. The first kappa shape index (κ1) is 17.8. The molecule has 0 saturated carbocycles. The van der Waals surface area contributed by atoms with Crippen molar-refractivity contribution < 1.29 is 32.2 Å². The van der Waals surface area contributed by atoms with Crippen molar-refractivity contribution in [2.45, 2.75) is 12.1 Å². The number of carbonyl (C=O) groups excluding carboxylic acids is 1. The average Bonchev–Trinajstić information content (AvgIpc) is 2.77. The molecule has 1 aliphatic rings. The fourth-order valence-electron chi connectivity index (χ4n) is 1.70. The van der Waals surface area contributed by atoms with Gasteiger partial charge in [-0.1, -0.05) is 23.2 Å². The number of nitrogens with one attached hydrogen (secondary N) is 2. The highest BCUT2D eigenvalue weighted by Gasteiger charge is 2.65. The molecule has 0 saturated heterocycles. The van der Waals surface area contributed by atoms with E-state index in [0.717, 1.165) is 12.1 Å². The summed E-state index contributed by atoms with van der Waals surface area (Å²) in [5.74, 6) is -3.97. The van der Waals surface area contributed by atoms with Gasteiger partial charge in [-0.05, 0) is 0 Å². The second-order valence-electron chi connectivity index (χ2n) is 4.41. The van der Waals surface area contributed by atoms with Crippen molar-refractivity contribution in [1.82, 2.24) is 10.6 Å². The fourth-order valence-corrected chi connectivity index (χ4v) is 2.01. The first-order valence-corrected chi connectivity index (χ1v) is 6.93. The normalized spacial score (nSPS) is 15.4. The molecule has 6 nitrogen and oxygen atoms in total. The topological polar surface area (TPSA) is 68.8 Å². The Bertz CT molecular complexity index is 582. The van der Waals surface area contributed by atoms with E-state index in [2.05, 4.69) is 10.1 Å². The molecule has 1 heterocycles. The highest BCUT2D eigenvalue weighted by molar-refractivity contribution is 6.42. The molecule has 1 aromatic rings. The summed E-state index contributed by atoms with van der Waals surface area (Å²) in [6.45, 7) is 0.125. The van der Waals surface area contributed by atoms with Crippen molar-refractivity contribution >= 4 is 29.2 Å². The summed E-state index contributed by atoms with van der Waals surface area (Å²) >= 11 is 11.5. The lowest BCUT2D eigenvalue weighted by atomic mass is 10.3. The highest BCUT2D eigenvalue weighted by atomic mass is 35.5. The monoisotopic (exact) mass is 374 g/mol. The predicted molar refractivity (Wildman–Crippen MR) is 74.9 cm³/mol. The van der Waals surface area contributed by atoms with E-state index in [1.165, 1.54) is 7.11 Å². The van der Waals surface area contributed by atoms with Crippen LogP contribution in [0, 0.1) is 0 Å². The summed E-state index contributed by atoms with van der Waals surface area (Å²) in [6, 6.07) is 0.985. The summed E-state index contributed by atoms with van der Waals surface area (Å²) in [5.41, 5.74) is 0. The van der Waals surface area contributed by atoms with Crippen LogP contribution in [0.15, 0.2) is 12.1 Å². The molecule has 2 rings (SSSR count). The third kappa shape index (κ3) is 3.67. The summed E-state index contributed by atoms with van der Waals surface area (Å²) in [7, 11) is 1.38. The number of rotatable bonds is 4. The SMILES string of the molecule is COCCNC(=O)NC1(C(F)(F)F)Oc2cc(Cl)c(Cl)cc2O1. The Labute approximate surface area is 138 Å². The summed E-state index contributed by atoms with van der Waals surface area (Å²) < 4.78 is 54.3. The van der Waals surface area contributed by atoms with E-state index in [9.17, 15) is 18.0 Å². The lowest BCUT2D eigenvalue weighted by molar-refractivity contribution is -0.317. The van der Waals surface area contributed by atoms with Crippen LogP contribution >= 0.6 is 23.2 Å². The molecule has 11 heteroatoms. The van der Waals surface area contributed by atoms with Crippen LogP contribution in [0.4, 0.5) is 18.0 Å². The molecule has 0 radical (unpaired) electrons. The van der Waals surface area contributed by atoms with Crippen LogP contribution in [0.3, 0.4) is 0 Å². The van der Waals surface area contributed by atoms with Crippen molar-refractivity contribution in [3.05, 3.63) is 22.2 Å². The third-order valence-electron chi connectivity index (χ3n) is 2.74. The van der Waals surface area contributed by atoms with Gasteiger partial charge in [0.15, 0.2) is 11.5 Å². The molecule has 2 N–H and O–H groups in total. The van der Waals surface area contributed by atoms with Gasteiger partial charge in [0, 0.05) is 25.8 Å². The molecule has 0 aromatic heterocycles. The van der Waals surface area contributed by atoms with Gasteiger partial charge in [-0.3, -0.25) is 5.32 Å². The van der Waals surface area contributed by atoms with Crippen LogP contribution in [-0.2, 0) is 4.74 Å². The molecule has 0 bridgehead atoms. The van der Waals surface area contributed by atoms with Gasteiger partial charge in [0.2, 0.25) is 0 Å². The minimum atomic E-state index is -5.07. The maximum absolute atomic E-state index is 13.3. The minimum Gasteiger partial charge on any atom is -0.424 e. The van der Waals surface area contributed by atoms with E-state index >= 15 is 0 Å². The zero-order valence-electron chi connectivity index (χ0n) is 11.6. The molecular weight excluding hydrogens is 364 g/mol. The number of ether oxygens (including phenoxy) is 3. The number of methoxy groups -OCH3 is 1. The second-order valence-corrected chi connectivity index (χ2v) is 5.22. The number of fused-ring (bicyclic) bond motifs is 1. The van der Waals surface area contributed by atoms with E-state index < -0.39 is 18.1 Å². The van der Waals surface area contributed by atoms with Crippen LogP contribution < -0.4 is 20.1 Å². The van der Waals surface area contributed by atoms with Crippen molar-refractivity contribution in [3.63, 3.8) is 0 Å². The average molecular weight is 375 g/mol. The number of urea groups is 1. The number of hydrogen-bond acceptors (Lipinski definition) is 4. The second kappa shape index (κ2) is 6.50. The number of halogens is 5. The number of carbonyl (C=O) groups is 1. The maximum Gasteiger partial charge on any atom is 0.492 e. The van der Waals surface area contributed by atoms with Crippen LogP contribution in [0.5, 0.6) is 11.5 Å². The zero-order chi connectivity index (χ0) is 17.3. The lowest BCUT2D eigenvalue weighted by Gasteiger charge is -2.29. The summed E-state index contributed by atoms with van der Waals surface area (Å²) in [5, 5.41) is 3.75. The summed E-state index contributed by atoms with van der Waals surface area (Å²) in [4.78, 5) is 11.6. The molecule has 0 aliphatic carbocycles. The van der Waals surface area contributed by atoms with Crippen molar-refractivity contribution in [1.29, 1.82) is 0 Å². The van der Waals surface area contributed by atoms with E-state index in [-0.39, 0.29) is 34.7 Å². The van der Waals surface area contributed by atoms with Gasteiger partial charge in [-0.15, -0.1) is 0 Å².